The Balaban J connectivity index is 1.32. The molecule has 1 aliphatic rings. The van der Waals surface area contributed by atoms with Crippen LogP contribution in [0.2, 0.25) is 0 Å². The zero-order valence-corrected chi connectivity index (χ0v) is 20.9. The van der Waals surface area contributed by atoms with E-state index in [9.17, 15) is 9.59 Å². The molecule has 1 saturated heterocycles. The predicted octanol–water partition coefficient (Wildman–Crippen LogP) is 3.70. The standard InChI is InChI=1S/C26H30N4O6/c1-16-5-6-19(26(32)35-4)13-20(16)27-25(31)17-9-11-30(12-10-17)15-23-28-24(29-36-23)18-7-8-21(33-2)22(14-18)34-3/h5-8,13-14,17H,9-12,15H2,1-4H3,(H,27,31). The summed E-state index contributed by atoms with van der Waals surface area (Å²) in [5, 5.41) is 7.08. The van der Waals surface area contributed by atoms with Crippen LogP contribution in [0.3, 0.4) is 0 Å². The summed E-state index contributed by atoms with van der Waals surface area (Å²) in [7, 11) is 4.49. The molecule has 10 heteroatoms. The molecule has 10 nitrogen and oxygen atoms in total. The summed E-state index contributed by atoms with van der Waals surface area (Å²) in [6, 6.07) is 10.6. The number of carbonyl (C=O) groups excluding carboxylic acids is 2. The van der Waals surface area contributed by atoms with E-state index in [2.05, 4.69) is 20.4 Å². The molecule has 1 N–H and O–H groups in total. The third-order valence-electron chi connectivity index (χ3n) is 6.34. The monoisotopic (exact) mass is 494 g/mol. The summed E-state index contributed by atoms with van der Waals surface area (Å²) in [6.45, 7) is 3.86. The molecule has 1 fully saturated rings. The zero-order chi connectivity index (χ0) is 25.7. The van der Waals surface area contributed by atoms with E-state index < -0.39 is 5.97 Å². The fourth-order valence-corrected chi connectivity index (χ4v) is 4.19. The van der Waals surface area contributed by atoms with E-state index >= 15 is 0 Å². The van der Waals surface area contributed by atoms with Crippen LogP contribution in [-0.4, -0.2) is 61.3 Å². The molecule has 0 atom stereocenters. The number of methoxy groups -OCH3 is 3. The molecular formula is C26H30N4O6. The fraction of sp³-hybridized carbons (Fsp3) is 0.385. The lowest BCUT2D eigenvalue weighted by Crippen LogP contribution is -2.37. The van der Waals surface area contributed by atoms with Crippen LogP contribution < -0.4 is 14.8 Å². The Morgan fingerprint density at radius 2 is 1.81 bits per heavy atom. The number of hydrogen-bond donors (Lipinski definition) is 1. The summed E-state index contributed by atoms with van der Waals surface area (Å²) < 4.78 is 20.9. The van der Waals surface area contributed by atoms with Gasteiger partial charge in [0.05, 0.1) is 33.4 Å². The van der Waals surface area contributed by atoms with Gasteiger partial charge in [-0.05, 0) is 68.8 Å². The summed E-state index contributed by atoms with van der Waals surface area (Å²) in [5.41, 5.74) is 2.68. The van der Waals surface area contributed by atoms with Crippen molar-refractivity contribution in [1.29, 1.82) is 0 Å². The third-order valence-corrected chi connectivity index (χ3v) is 6.34. The Hall–Kier alpha value is -3.92. The molecule has 0 unspecified atom stereocenters. The van der Waals surface area contributed by atoms with E-state index in [1.807, 2.05) is 13.0 Å². The predicted molar refractivity (Wildman–Crippen MR) is 132 cm³/mol. The van der Waals surface area contributed by atoms with E-state index in [1.54, 1.807) is 44.6 Å². The number of nitrogens with zero attached hydrogens (tertiary/aromatic N) is 3. The lowest BCUT2D eigenvalue weighted by atomic mass is 9.95. The first-order valence-corrected chi connectivity index (χ1v) is 11.7. The van der Waals surface area contributed by atoms with Crippen molar-refractivity contribution >= 4 is 17.6 Å². The highest BCUT2D eigenvalue weighted by Gasteiger charge is 2.26. The van der Waals surface area contributed by atoms with Crippen LogP contribution in [-0.2, 0) is 16.1 Å². The molecule has 36 heavy (non-hydrogen) atoms. The van der Waals surface area contributed by atoms with E-state index in [1.165, 1.54) is 7.11 Å². The summed E-state index contributed by atoms with van der Waals surface area (Å²) in [5.74, 6) is 1.61. The quantitative estimate of drug-likeness (QED) is 0.468. The summed E-state index contributed by atoms with van der Waals surface area (Å²) in [6.07, 6.45) is 1.41. The molecule has 0 radical (unpaired) electrons. The Morgan fingerprint density at radius 1 is 1.06 bits per heavy atom. The number of carbonyl (C=O) groups is 2. The van der Waals surface area contributed by atoms with Crippen LogP contribution in [0.15, 0.2) is 40.9 Å². The van der Waals surface area contributed by atoms with Crippen LogP contribution in [0, 0.1) is 12.8 Å². The number of esters is 1. The minimum Gasteiger partial charge on any atom is -0.493 e. The van der Waals surface area contributed by atoms with Crippen molar-refractivity contribution in [2.45, 2.75) is 26.3 Å². The molecule has 1 amide bonds. The first kappa shape index (κ1) is 25.2. The summed E-state index contributed by atoms with van der Waals surface area (Å²) in [4.78, 5) is 31.4. The molecule has 1 aliphatic heterocycles. The Kier molecular flexibility index (Phi) is 7.84. The number of aryl methyl sites for hydroxylation is 1. The maximum Gasteiger partial charge on any atom is 0.337 e. The number of nitrogens with one attached hydrogen (secondary N) is 1. The average molecular weight is 495 g/mol. The first-order chi connectivity index (χ1) is 17.4. The van der Waals surface area contributed by atoms with E-state index in [0.29, 0.717) is 53.9 Å². The Bertz CT molecular complexity index is 1230. The van der Waals surface area contributed by atoms with Gasteiger partial charge >= 0.3 is 5.97 Å². The number of rotatable bonds is 8. The second-order valence-corrected chi connectivity index (χ2v) is 8.64. The van der Waals surface area contributed by atoms with Crippen molar-refractivity contribution in [2.24, 2.45) is 5.92 Å². The van der Waals surface area contributed by atoms with Crippen molar-refractivity contribution in [3.8, 4) is 22.9 Å². The molecular weight excluding hydrogens is 464 g/mol. The zero-order valence-electron chi connectivity index (χ0n) is 20.9. The number of likely N-dealkylation sites (tertiary alicyclic amines) is 1. The lowest BCUT2D eigenvalue weighted by Gasteiger charge is -2.30. The lowest BCUT2D eigenvalue weighted by molar-refractivity contribution is -0.121. The van der Waals surface area contributed by atoms with Gasteiger partial charge in [-0.25, -0.2) is 4.79 Å². The van der Waals surface area contributed by atoms with Crippen molar-refractivity contribution in [2.75, 3.05) is 39.7 Å². The smallest absolute Gasteiger partial charge is 0.337 e. The van der Waals surface area contributed by atoms with Gasteiger partial charge in [0.1, 0.15) is 0 Å². The SMILES string of the molecule is COC(=O)c1ccc(C)c(NC(=O)C2CCN(Cc3nc(-c4ccc(OC)c(OC)c4)no3)CC2)c1. The molecule has 0 aliphatic carbocycles. The van der Waals surface area contributed by atoms with E-state index in [0.717, 1.165) is 24.2 Å². The second-order valence-electron chi connectivity index (χ2n) is 8.64. The first-order valence-electron chi connectivity index (χ1n) is 11.7. The van der Waals surface area contributed by atoms with Crippen LogP contribution in [0.4, 0.5) is 5.69 Å². The van der Waals surface area contributed by atoms with Crippen molar-refractivity contribution in [1.82, 2.24) is 15.0 Å². The van der Waals surface area contributed by atoms with Crippen molar-refractivity contribution in [3.63, 3.8) is 0 Å². The molecule has 190 valence electrons. The fourth-order valence-electron chi connectivity index (χ4n) is 4.19. The third kappa shape index (κ3) is 5.65. The number of anilines is 1. The van der Waals surface area contributed by atoms with Gasteiger partial charge in [0, 0.05) is 17.2 Å². The molecule has 4 rings (SSSR count). The molecule has 0 bridgehead atoms. The maximum absolute atomic E-state index is 12.9. The van der Waals surface area contributed by atoms with Gasteiger partial charge in [0.15, 0.2) is 11.5 Å². The van der Waals surface area contributed by atoms with E-state index in [-0.39, 0.29) is 11.8 Å². The van der Waals surface area contributed by atoms with Crippen LogP contribution in [0.5, 0.6) is 11.5 Å². The Morgan fingerprint density at radius 3 is 2.50 bits per heavy atom. The highest BCUT2D eigenvalue weighted by molar-refractivity contribution is 5.96. The molecule has 2 aromatic carbocycles. The maximum atomic E-state index is 12.9. The second kappa shape index (κ2) is 11.2. The summed E-state index contributed by atoms with van der Waals surface area (Å²) >= 11 is 0. The van der Waals surface area contributed by atoms with Gasteiger partial charge in [-0.2, -0.15) is 4.98 Å². The normalized spacial score (nSPS) is 14.3. The van der Waals surface area contributed by atoms with Crippen LogP contribution in [0.1, 0.15) is 34.7 Å². The van der Waals surface area contributed by atoms with Gasteiger partial charge in [0.25, 0.3) is 0 Å². The minimum atomic E-state index is -0.436. The van der Waals surface area contributed by atoms with Gasteiger partial charge < -0.3 is 24.1 Å². The van der Waals surface area contributed by atoms with E-state index in [4.69, 9.17) is 18.7 Å². The topological polar surface area (TPSA) is 116 Å². The minimum absolute atomic E-state index is 0.0479. The number of ether oxygens (including phenoxy) is 3. The van der Waals surface area contributed by atoms with Gasteiger partial charge in [0.2, 0.25) is 17.6 Å². The Labute approximate surface area is 209 Å². The average Bonchev–Trinajstić information content (AvgIpc) is 3.37. The number of amides is 1. The highest BCUT2D eigenvalue weighted by atomic mass is 16.5. The van der Waals surface area contributed by atoms with Crippen molar-refractivity contribution < 1.29 is 28.3 Å². The van der Waals surface area contributed by atoms with Gasteiger partial charge in [-0.1, -0.05) is 11.2 Å². The molecule has 3 aromatic rings. The molecule has 0 saturated carbocycles. The molecule has 0 spiro atoms. The van der Waals surface area contributed by atoms with Crippen molar-refractivity contribution in [3.05, 3.63) is 53.4 Å². The number of aromatic nitrogens is 2. The number of benzene rings is 2. The molecule has 1 aromatic heterocycles. The number of hydrogen-bond acceptors (Lipinski definition) is 9. The highest BCUT2D eigenvalue weighted by Crippen LogP contribution is 2.31. The van der Waals surface area contributed by atoms with Gasteiger partial charge in [-0.3, -0.25) is 9.69 Å². The van der Waals surface area contributed by atoms with Crippen LogP contribution >= 0.6 is 0 Å². The largest absolute Gasteiger partial charge is 0.493 e. The number of piperidine rings is 1. The van der Waals surface area contributed by atoms with Crippen LogP contribution in [0.25, 0.3) is 11.4 Å². The molecule has 2 heterocycles. The van der Waals surface area contributed by atoms with Gasteiger partial charge in [-0.15, -0.1) is 0 Å².